The van der Waals surface area contributed by atoms with Crippen molar-refractivity contribution < 1.29 is 9.41 Å². The maximum absolute atomic E-state index is 12.1. The highest BCUT2D eigenvalue weighted by Gasteiger charge is 2.01. The Balaban J connectivity index is 4.05. The Morgan fingerprint density at radius 3 is 2.20 bits per heavy atom. The number of hydrogen-bond donors (Lipinski definition) is 1. The average Bonchev–Trinajstić information content (AvgIpc) is 1.82. The molecule has 0 saturated heterocycles. The van der Waals surface area contributed by atoms with Crippen LogP contribution in [0.1, 0.15) is 13.8 Å². The molecule has 10 heavy (non-hydrogen) atoms. The summed E-state index contributed by atoms with van der Waals surface area (Å²) in [6, 6.07) is 0. The normalized spacial score (nSPS) is 13.7. The van der Waals surface area contributed by atoms with Crippen molar-refractivity contribution in [1.82, 2.24) is 0 Å². The fourth-order valence-corrected chi connectivity index (χ4v) is 0.386. The Labute approximate surface area is 61.4 Å². The van der Waals surface area contributed by atoms with E-state index in [0.29, 0.717) is 0 Å². The predicted molar refractivity (Wildman–Crippen MR) is 42.5 cm³/mol. The topological polar surface area (TPSA) is 20.2 Å². The summed E-state index contributed by atoms with van der Waals surface area (Å²) in [5.41, 5.74) is 0.761. The molecule has 56 valence electrons. The third-order valence-electron chi connectivity index (χ3n) is 1.23. The summed E-state index contributed by atoms with van der Waals surface area (Å²) in [5.74, 6) is -0.250. The van der Waals surface area contributed by atoms with Crippen LogP contribution < -0.4 is 0 Å². The van der Waals surface area contributed by atoms with E-state index in [4.69, 9.17) is 5.02 Å². The average molecular weight is 142 g/mol. The second kappa shape index (κ2) is 4.28. The van der Waals surface area contributed by atoms with Gasteiger partial charge in [0.2, 0.25) is 0 Å². The zero-order chi connectivity index (χ0) is 8.15. The van der Waals surface area contributed by atoms with Gasteiger partial charge in [-0.2, -0.15) is 0 Å². The van der Waals surface area contributed by atoms with Gasteiger partial charge in [-0.3, -0.25) is 0 Å². The Hall–Kier alpha value is -0.565. The summed E-state index contributed by atoms with van der Waals surface area (Å²) in [7, 11) is 0. The summed E-state index contributed by atoms with van der Waals surface area (Å²) in [4.78, 5) is 0. The fourth-order valence-electron chi connectivity index (χ4n) is 0.386. The summed E-state index contributed by atoms with van der Waals surface area (Å²) >= 11 is 0. The van der Waals surface area contributed by atoms with Crippen LogP contribution in [0.25, 0.3) is 0 Å². The molecule has 0 heterocycles. The third-order valence-corrected chi connectivity index (χ3v) is 1.23. The van der Waals surface area contributed by atoms with E-state index in [0.717, 1.165) is 5.47 Å². The Morgan fingerprint density at radius 2 is 1.90 bits per heavy atom. The van der Waals surface area contributed by atoms with Crippen LogP contribution in [0.5, 0.6) is 0 Å². The molecule has 1 nitrogen and oxygen atoms in total. The van der Waals surface area contributed by atoms with Crippen LogP contribution in [0, 0.1) is 0 Å². The van der Waals surface area contributed by atoms with E-state index in [9.17, 15) is 4.39 Å². The Morgan fingerprint density at radius 1 is 1.40 bits per heavy atom. The maximum Gasteiger partial charge on any atom is 0.315 e. The third kappa shape index (κ3) is 4.33. The van der Waals surface area contributed by atoms with Crippen molar-refractivity contribution >= 4 is 6.92 Å². The zero-order valence-electron chi connectivity index (χ0n) is 6.56. The smallest absolute Gasteiger partial charge is 0.315 e. The van der Waals surface area contributed by atoms with Gasteiger partial charge in [-0.1, -0.05) is 18.4 Å². The molecular formula is C7H12BFO. The van der Waals surface area contributed by atoms with Gasteiger partial charge in [0, 0.05) is 0 Å². The van der Waals surface area contributed by atoms with Gasteiger partial charge >= 0.3 is 6.92 Å². The van der Waals surface area contributed by atoms with Gasteiger partial charge in [-0.05, 0) is 19.9 Å². The van der Waals surface area contributed by atoms with Gasteiger partial charge in [0.15, 0.2) is 0 Å². The minimum Gasteiger partial charge on any atom is -0.447 e. The number of allylic oxidation sites excluding steroid dienone is 4. The molecule has 0 amide bonds. The van der Waals surface area contributed by atoms with Crippen molar-refractivity contribution in [3.63, 3.8) is 0 Å². The van der Waals surface area contributed by atoms with Crippen LogP contribution in [-0.4, -0.2) is 11.9 Å². The van der Waals surface area contributed by atoms with Crippen molar-refractivity contribution in [3.05, 3.63) is 23.5 Å². The van der Waals surface area contributed by atoms with Gasteiger partial charge in [0.1, 0.15) is 0 Å². The first-order valence-corrected chi connectivity index (χ1v) is 3.22. The Kier molecular flexibility index (Phi) is 4.04. The van der Waals surface area contributed by atoms with Crippen LogP contribution >= 0.6 is 0 Å². The lowest BCUT2D eigenvalue weighted by Gasteiger charge is -1.95. The lowest BCUT2D eigenvalue weighted by molar-refractivity contribution is 0.588. The van der Waals surface area contributed by atoms with Crippen LogP contribution in [0.2, 0.25) is 6.82 Å². The van der Waals surface area contributed by atoms with E-state index in [1.807, 2.05) is 0 Å². The number of rotatable bonds is 2. The van der Waals surface area contributed by atoms with Gasteiger partial charge in [-0.25, -0.2) is 4.39 Å². The fraction of sp³-hybridized carbons (Fsp3) is 0.429. The Bertz CT molecular complexity index is 157. The molecule has 0 spiro atoms. The molecule has 1 N–H and O–H groups in total. The molecule has 0 bridgehead atoms. The molecule has 0 aromatic carbocycles. The predicted octanol–water partition coefficient (Wildman–Crippen LogP) is 1.96. The van der Waals surface area contributed by atoms with Crippen molar-refractivity contribution in [2.75, 3.05) is 0 Å². The quantitative estimate of drug-likeness (QED) is 0.461. The monoisotopic (exact) mass is 142 g/mol. The van der Waals surface area contributed by atoms with E-state index in [-0.39, 0.29) is 5.83 Å². The molecule has 0 aliphatic rings. The molecule has 0 aliphatic heterocycles. The molecule has 0 saturated carbocycles. The summed E-state index contributed by atoms with van der Waals surface area (Å²) in [6.07, 6.45) is 2.90. The van der Waals surface area contributed by atoms with E-state index >= 15 is 0 Å². The second-order valence-electron chi connectivity index (χ2n) is 2.34. The van der Waals surface area contributed by atoms with E-state index in [1.54, 1.807) is 19.8 Å². The summed E-state index contributed by atoms with van der Waals surface area (Å²) in [5, 5.41) is 8.91. The van der Waals surface area contributed by atoms with Crippen LogP contribution in [-0.2, 0) is 0 Å². The van der Waals surface area contributed by atoms with Gasteiger partial charge in [0.25, 0.3) is 0 Å². The molecule has 0 unspecified atom stereocenters. The van der Waals surface area contributed by atoms with Crippen LogP contribution in [0.3, 0.4) is 0 Å². The molecule has 0 aromatic rings. The maximum atomic E-state index is 12.1. The van der Waals surface area contributed by atoms with Gasteiger partial charge in [-0.15, -0.1) is 0 Å². The first-order chi connectivity index (χ1) is 4.54. The van der Waals surface area contributed by atoms with Gasteiger partial charge < -0.3 is 5.02 Å². The van der Waals surface area contributed by atoms with Crippen LogP contribution in [0.4, 0.5) is 4.39 Å². The number of halogens is 1. The summed E-state index contributed by atoms with van der Waals surface area (Å²) < 4.78 is 12.1. The SMILES string of the molecule is CB(O)C(C)=CC=C(C)F. The largest absolute Gasteiger partial charge is 0.447 e. The van der Waals surface area contributed by atoms with E-state index in [1.165, 1.54) is 13.0 Å². The molecule has 0 aromatic heterocycles. The molecule has 3 heteroatoms. The first kappa shape index (κ1) is 9.43. The van der Waals surface area contributed by atoms with Gasteiger partial charge in [0.05, 0.1) is 5.83 Å². The van der Waals surface area contributed by atoms with Crippen LogP contribution in [0.15, 0.2) is 23.5 Å². The second-order valence-corrected chi connectivity index (χ2v) is 2.34. The van der Waals surface area contributed by atoms with Crippen molar-refractivity contribution in [1.29, 1.82) is 0 Å². The lowest BCUT2D eigenvalue weighted by atomic mass is 9.64. The molecular weight excluding hydrogens is 130 g/mol. The van der Waals surface area contributed by atoms with E-state index in [2.05, 4.69) is 0 Å². The van der Waals surface area contributed by atoms with Crippen molar-refractivity contribution in [2.45, 2.75) is 20.7 Å². The van der Waals surface area contributed by atoms with Crippen molar-refractivity contribution in [2.24, 2.45) is 0 Å². The molecule has 0 atom stereocenters. The highest BCUT2D eigenvalue weighted by molar-refractivity contribution is 6.57. The molecule has 0 rings (SSSR count). The van der Waals surface area contributed by atoms with E-state index < -0.39 is 6.92 Å². The zero-order valence-corrected chi connectivity index (χ0v) is 6.56. The number of hydrogen-bond acceptors (Lipinski definition) is 1. The highest BCUT2D eigenvalue weighted by atomic mass is 19.1. The standard InChI is InChI=1S/C7H12BFO/c1-6(8(3)10)4-5-7(2)9/h4-5,10H,1-3H3. The highest BCUT2D eigenvalue weighted by Crippen LogP contribution is 1.99. The molecule has 0 fully saturated rings. The minimum atomic E-state index is -0.490. The summed E-state index contributed by atoms with van der Waals surface area (Å²) in [6.45, 7) is 4.28. The van der Waals surface area contributed by atoms with Crippen molar-refractivity contribution in [3.8, 4) is 0 Å². The minimum absolute atomic E-state index is 0.250. The first-order valence-electron chi connectivity index (χ1n) is 3.22. The molecule has 0 radical (unpaired) electrons. The molecule has 0 aliphatic carbocycles. The lowest BCUT2D eigenvalue weighted by Crippen LogP contribution is -2.06.